The van der Waals surface area contributed by atoms with Gasteiger partial charge < -0.3 is 18.9 Å². The van der Waals surface area contributed by atoms with Gasteiger partial charge in [-0.15, -0.1) is 5.10 Å². The van der Waals surface area contributed by atoms with Crippen LogP contribution in [0.25, 0.3) is 11.4 Å². The summed E-state index contributed by atoms with van der Waals surface area (Å²) in [6, 6.07) is 3.85. The summed E-state index contributed by atoms with van der Waals surface area (Å²) in [4.78, 5) is 16.9. The normalized spacial score (nSPS) is 28.4. The van der Waals surface area contributed by atoms with Crippen molar-refractivity contribution < 1.29 is 23.7 Å². The maximum atomic E-state index is 12.2. The zero-order chi connectivity index (χ0) is 22.9. The van der Waals surface area contributed by atoms with Gasteiger partial charge in [0.15, 0.2) is 6.29 Å². The Balaban J connectivity index is 1.26. The number of hydrogen-bond acceptors (Lipinski definition) is 8. The summed E-state index contributed by atoms with van der Waals surface area (Å²) < 4.78 is 24.9. The van der Waals surface area contributed by atoms with E-state index in [-0.39, 0.29) is 30.2 Å². The van der Waals surface area contributed by atoms with Crippen LogP contribution in [0.4, 0.5) is 0 Å². The lowest BCUT2D eigenvalue weighted by Gasteiger charge is -2.22. The molecule has 2 saturated carbocycles. The van der Waals surface area contributed by atoms with E-state index in [9.17, 15) is 4.79 Å². The van der Waals surface area contributed by atoms with Crippen LogP contribution >= 0.6 is 0 Å². The van der Waals surface area contributed by atoms with Gasteiger partial charge in [-0.25, -0.2) is 9.67 Å². The first-order valence-electron chi connectivity index (χ1n) is 12.0. The molecule has 33 heavy (non-hydrogen) atoms. The average Bonchev–Trinajstić information content (AvgIpc) is 3.22. The SMILES string of the molecule is CCOC(=O)C1C2CCC(Oc3ccc(-c4nnn(C)c4COC4CCCCO4)nc3C)C21. The number of fused-ring (bicyclic) bond motifs is 1. The highest BCUT2D eigenvalue weighted by atomic mass is 16.7. The quantitative estimate of drug-likeness (QED) is 0.559. The molecule has 9 heteroatoms. The molecule has 1 aliphatic heterocycles. The van der Waals surface area contributed by atoms with Crippen molar-refractivity contribution in [2.24, 2.45) is 24.8 Å². The van der Waals surface area contributed by atoms with Gasteiger partial charge in [0.25, 0.3) is 0 Å². The Labute approximate surface area is 193 Å². The third-order valence-corrected chi connectivity index (χ3v) is 7.05. The Hall–Kier alpha value is -2.52. The summed E-state index contributed by atoms with van der Waals surface area (Å²) in [6.45, 7) is 5.31. The van der Waals surface area contributed by atoms with Crippen molar-refractivity contribution in [1.29, 1.82) is 0 Å². The molecule has 9 nitrogen and oxygen atoms in total. The maximum absolute atomic E-state index is 12.2. The summed E-state index contributed by atoms with van der Waals surface area (Å²) in [5.74, 6) is 1.32. The van der Waals surface area contributed by atoms with Gasteiger partial charge in [-0.3, -0.25) is 4.79 Å². The monoisotopic (exact) mass is 456 g/mol. The fourth-order valence-corrected chi connectivity index (χ4v) is 5.26. The Morgan fingerprint density at radius 1 is 1.24 bits per heavy atom. The molecule has 0 spiro atoms. The number of esters is 1. The Morgan fingerprint density at radius 2 is 2.12 bits per heavy atom. The number of aryl methyl sites for hydroxylation is 2. The van der Waals surface area contributed by atoms with E-state index in [1.165, 1.54) is 0 Å². The van der Waals surface area contributed by atoms with Crippen molar-refractivity contribution in [3.63, 3.8) is 0 Å². The Kier molecular flexibility index (Phi) is 6.34. The van der Waals surface area contributed by atoms with Crippen molar-refractivity contribution in [3.8, 4) is 17.1 Å². The molecule has 5 rings (SSSR count). The summed E-state index contributed by atoms with van der Waals surface area (Å²) in [5.41, 5.74) is 3.08. The van der Waals surface area contributed by atoms with E-state index in [2.05, 4.69) is 10.3 Å². The molecule has 2 aromatic rings. The van der Waals surface area contributed by atoms with Gasteiger partial charge in [0.2, 0.25) is 0 Å². The first-order valence-corrected chi connectivity index (χ1v) is 12.0. The Bertz CT molecular complexity index is 1000. The molecule has 0 amide bonds. The molecule has 3 heterocycles. The molecule has 0 radical (unpaired) electrons. The number of carbonyl (C=O) groups excluding carboxylic acids is 1. The van der Waals surface area contributed by atoms with Crippen LogP contribution in [-0.2, 0) is 32.7 Å². The van der Waals surface area contributed by atoms with Crippen LogP contribution < -0.4 is 4.74 Å². The minimum absolute atomic E-state index is 0.00784. The highest BCUT2D eigenvalue weighted by molar-refractivity contribution is 5.77. The van der Waals surface area contributed by atoms with Crippen LogP contribution in [0.5, 0.6) is 5.75 Å². The maximum Gasteiger partial charge on any atom is 0.309 e. The molecule has 3 fully saturated rings. The number of hydrogen-bond donors (Lipinski definition) is 0. The second kappa shape index (κ2) is 9.38. The second-order valence-electron chi connectivity index (χ2n) is 9.15. The van der Waals surface area contributed by atoms with E-state index < -0.39 is 0 Å². The van der Waals surface area contributed by atoms with Crippen molar-refractivity contribution >= 4 is 5.97 Å². The lowest BCUT2D eigenvalue weighted by Crippen LogP contribution is -2.22. The predicted octanol–water partition coefficient (Wildman–Crippen LogP) is 3.20. The van der Waals surface area contributed by atoms with E-state index in [0.29, 0.717) is 24.8 Å². The van der Waals surface area contributed by atoms with Gasteiger partial charge in [-0.05, 0) is 64.0 Å². The van der Waals surface area contributed by atoms with Crippen LogP contribution in [0.2, 0.25) is 0 Å². The van der Waals surface area contributed by atoms with E-state index in [1.807, 2.05) is 33.0 Å². The van der Waals surface area contributed by atoms with Gasteiger partial charge >= 0.3 is 5.97 Å². The molecule has 3 aliphatic rings. The third-order valence-electron chi connectivity index (χ3n) is 7.05. The first-order chi connectivity index (χ1) is 16.1. The number of nitrogens with zero attached hydrogens (tertiary/aromatic N) is 4. The number of aromatic nitrogens is 4. The molecular formula is C24H32N4O5. The first kappa shape index (κ1) is 22.3. The lowest BCUT2D eigenvalue weighted by atomic mass is 10.1. The highest BCUT2D eigenvalue weighted by Gasteiger charge is 2.63. The lowest BCUT2D eigenvalue weighted by molar-refractivity contribution is -0.169. The standard InChI is InChI=1S/C24H32N4O5/c1-4-30-24(29)22-15-8-10-19(21(15)22)33-18-11-9-16(25-14(18)2)23-17(28(3)27-26-23)13-32-20-7-5-6-12-31-20/h9,11,15,19-22H,4-8,10,12-13H2,1-3H3. The fourth-order valence-electron chi connectivity index (χ4n) is 5.26. The molecule has 178 valence electrons. The minimum Gasteiger partial charge on any atom is -0.488 e. The van der Waals surface area contributed by atoms with Gasteiger partial charge in [0.1, 0.15) is 17.5 Å². The van der Waals surface area contributed by atoms with Crippen LogP contribution in [0.3, 0.4) is 0 Å². The molecule has 0 aromatic carbocycles. The number of pyridine rings is 1. The molecule has 0 N–H and O–H groups in total. The largest absolute Gasteiger partial charge is 0.488 e. The van der Waals surface area contributed by atoms with E-state index in [1.54, 1.807) is 4.68 Å². The molecule has 5 atom stereocenters. The summed E-state index contributed by atoms with van der Waals surface area (Å²) in [6.07, 6.45) is 4.94. The van der Waals surface area contributed by atoms with Crippen molar-refractivity contribution in [2.75, 3.05) is 13.2 Å². The van der Waals surface area contributed by atoms with Crippen LogP contribution in [0.1, 0.15) is 50.4 Å². The van der Waals surface area contributed by atoms with E-state index in [0.717, 1.165) is 61.5 Å². The summed E-state index contributed by atoms with van der Waals surface area (Å²) in [5, 5.41) is 8.50. The van der Waals surface area contributed by atoms with E-state index in [4.69, 9.17) is 23.9 Å². The molecule has 2 aromatic heterocycles. The zero-order valence-electron chi connectivity index (χ0n) is 19.5. The highest BCUT2D eigenvalue weighted by Crippen LogP contribution is 2.59. The van der Waals surface area contributed by atoms with Gasteiger partial charge in [0.05, 0.1) is 36.2 Å². The fraction of sp³-hybridized carbons (Fsp3) is 0.667. The number of rotatable bonds is 8. The van der Waals surface area contributed by atoms with E-state index >= 15 is 0 Å². The van der Waals surface area contributed by atoms with Gasteiger partial charge in [-0.1, -0.05) is 5.21 Å². The average molecular weight is 457 g/mol. The van der Waals surface area contributed by atoms with Gasteiger partial charge in [0, 0.05) is 19.6 Å². The topological polar surface area (TPSA) is 97.6 Å². The zero-order valence-corrected chi connectivity index (χ0v) is 19.5. The number of carbonyl (C=O) groups is 1. The Morgan fingerprint density at radius 3 is 2.88 bits per heavy atom. The van der Waals surface area contributed by atoms with Crippen LogP contribution in [0.15, 0.2) is 12.1 Å². The van der Waals surface area contributed by atoms with Crippen molar-refractivity contribution in [2.45, 2.75) is 65.0 Å². The van der Waals surface area contributed by atoms with Crippen LogP contribution in [0, 0.1) is 24.7 Å². The minimum atomic E-state index is -0.178. The smallest absolute Gasteiger partial charge is 0.309 e. The van der Waals surface area contributed by atoms with Crippen LogP contribution in [-0.4, -0.2) is 51.6 Å². The molecule has 0 bridgehead atoms. The molecule has 2 aliphatic carbocycles. The summed E-state index contributed by atoms with van der Waals surface area (Å²) >= 11 is 0. The van der Waals surface area contributed by atoms with Gasteiger partial charge in [-0.2, -0.15) is 0 Å². The summed E-state index contributed by atoms with van der Waals surface area (Å²) in [7, 11) is 1.85. The second-order valence-corrected chi connectivity index (χ2v) is 9.15. The molecule has 5 unspecified atom stereocenters. The predicted molar refractivity (Wildman–Crippen MR) is 118 cm³/mol. The molecular weight excluding hydrogens is 424 g/mol. The number of ether oxygens (including phenoxy) is 4. The van der Waals surface area contributed by atoms with Crippen molar-refractivity contribution in [1.82, 2.24) is 20.0 Å². The molecule has 1 saturated heterocycles. The third kappa shape index (κ3) is 4.48. The van der Waals surface area contributed by atoms with Crippen molar-refractivity contribution in [3.05, 3.63) is 23.5 Å².